The van der Waals surface area contributed by atoms with E-state index in [0.29, 0.717) is 6.42 Å². The fraction of sp³-hybridized carbons (Fsp3) is 0.130. The van der Waals surface area contributed by atoms with E-state index in [-0.39, 0.29) is 5.91 Å². The summed E-state index contributed by atoms with van der Waals surface area (Å²) in [5.41, 5.74) is 2.85. The zero-order valence-corrected chi connectivity index (χ0v) is 16.9. The molecule has 0 aliphatic heterocycles. The summed E-state index contributed by atoms with van der Waals surface area (Å²) in [6.45, 7) is 0. The first-order valence-corrected chi connectivity index (χ1v) is 11.0. The Hall–Kier alpha value is -2.63. The predicted molar refractivity (Wildman–Crippen MR) is 120 cm³/mol. The van der Waals surface area contributed by atoms with E-state index in [1.807, 2.05) is 60.7 Å². The summed E-state index contributed by atoms with van der Waals surface area (Å²) in [5, 5.41) is 3.98. The van der Waals surface area contributed by atoms with Gasteiger partial charge in [-0.05, 0) is 48.6 Å². The van der Waals surface area contributed by atoms with Gasteiger partial charge in [-0.1, -0.05) is 42.5 Å². The van der Waals surface area contributed by atoms with Crippen molar-refractivity contribution in [2.45, 2.75) is 17.7 Å². The number of benzene rings is 3. The SMILES string of the molecule is O=C(CCCSc1ccccc1)Nc1cccc(-c2nc3ccccc3s2)c1. The van der Waals surface area contributed by atoms with Crippen LogP contribution in [0.2, 0.25) is 0 Å². The number of anilines is 1. The van der Waals surface area contributed by atoms with Gasteiger partial charge < -0.3 is 5.32 Å². The maximum atomic E-state index is 12.3. The zero-order valence-electron chi connectivity index (χ0n) is 15.3. The number of hydrogen-bond donors (Lipinski definition) is 1. The molecule has 4 aromatic rings. The van der Waals surface area contributed by atoms with Crippen LogP contribution in [-0.2, 0) is 4.79 Å². The molecule has 0 atom stereocenters. The molecule has 0 bridgehead atoms. The third kappa shape index (κ3) is 4.80. The smallest absolute Gasteiger partial charge is 0.224 e. The number of fused-ring (bicyclic) bond motifs is 1. The molecule has 0 fully saturated rings. The van der Waals surface area contributed by atoms with Crippen molar-refractivity contribution in [3.63, 3.8) is 0 Å². The van der Waals surface area contributed by atoms with Gasteiger partial charge in [0.25, 0.3) is 0 Å². The van der Waals surface area contributed by atoms with Crippen molar-refractivity contribution in [1.29, 1.82) is 0 Å². The summed E-state index contributed by atoms with van der Waals surface area (Å²) in [5.74, 6) is 0.985. The molecular formula is C23H20N2OS2. The quantitative estimate of drug-likeness (QED) is 0.283. The Morgan fingerprint density at radius 1 is 0.964 bits per heavy atom. The molecule has 3 aromatic carbocycles. The zero-order chi connectivity index (χ0) is 19.2. The average Bonchev–Trinajstić information content (AvgIpc) is 3.17. The monoisotopic (exact) mass is 404 g/mol. The molecule has 0 unspecified atom stereocenters. The lowest BCUT2D eigenvalue weighted by Gasteiger charge is -2.07. The Bertz CT molecular complexity index is 1040. The highest BCUT2D eigenvalue weighted by atomic mass is 32.2. The Morgan fingerprint density at radius 3 is 2.64 bits per heavy atom. The maximum Gasteiger partial charge on any atom is 0.224 e. The summed E-state index contributed by atoms with van der Waals surface area (Å²) < 4.78 is 1.17. The van der Waals surface area contributed by atoms with Gasteiger partial charge in [0.15, 0.2) is 0 Å². The van der Waals surface area contributed by atoms with E-state index in [9.17, 15) is 4.79 Å². The summed E-state index contributed by atoms with van der Waals surface area (Å²) in [7, 11) is 0. The van der Waals surface area contributed by atoms with Crippen molar-refractivity contribution in [1.82, 2.24) is 4.98 Å². The van der Waals surface area contributed by atoms with Crippen molar-refractivity contribution in [3.05, 3.63) is 78.9 Å². The number of nitrogens with one attached hydrogen (secondary N) is 1. The molecular weight excluding hydrogens is 384 g/mol. The van der Waals surface area contributed by atoms with E-state index in [1.54, 1.807) is 23.1 Å². The van der Waals surface area contributed by atoms with E-state index >= 15 is 0 Å². The summed E-state index contributed by atoms with van der Waals surface area (Å²) in [4.78, 5) is 18.2. The third-order valence-electron chi connectivity index (χ3n) is 4.25. The highest BCUT2D eigenvalue weighted by molar-refractivity contribution is 7.99. The number of hydrogen-bond acceptors (Lipinski definition) is 4. The van der Waals surface area contributed by atoms with Crippen LogP contribution in [0.5, 0.6) is 0 Å². The summed E-state index contributed by atoms with van der Waals surface area (Å²) in [6.07, 6.45) is 1.37. The Kier molecular flexibility index (Phi) is 6.04. The lowest BCUT2D eigenvalue weighted by Crippen LogP contribution is -2.11. The molecule has 0 aliphatic carbocycles. The molecule has 0 saturated carbocycles. The van der Waals surface area contributed by atoms with E-state index in [1.165, 1.54) is 9.60 Å². The molecule has 1 N–H and O–H groups in total. The largest absolute Gasteiger partial charge is 0.326 e. The Balaban J connectivity index is 1.33. The molecule has 5 heteroatoms. The fourth-order valence-corrected chi connectivity index (χ4v) is 4.72. The third-order valence-corrected chi connectivity index (χ3v) is 6.43. The van der Waals surface area contributed by atoms with Crippen molar-refractivity contribution in [2.24, 2.45) is 0 Å². The fourth-order valence-electron chi connectivity index (χ4n) is 2.89. The number of thiazole rings is 1. The minimum absolute atomic E-state index is 0.0510. The van der Waals surface area contributed by atoms with Crippen LogP contribution < -0.4 is 5.32 Å². The molecule has 0 radical (unpaired) electrons. The van der Waals surface area contributed by atoms with Crippen molar-refractivity contribution in [3.8, 4) is 10.6 Å². The number of para-hydroxylation sites is 1. The molecule has 140 valence electrons. The van der Waals surface area contributed by atoms with Crippen molar-refractivity contribution < 1.29 is 4.79 Å². The highest BCUT2D eigenvalue weighted by Gasteiger charge is 2.08. The first-order valence-electron chi connectivity index (χ1n) is 9.22. The van der Waals surface area contributed by atoms with Crippen molar-refractivity contribution >= 4 is 44.9 Å². The minimum atomic E-state index is 0.0510. The van der Waals surface area contributed by atoms with Gasteiger partial charge in [0.05, 0.1) is 10.2 Å². The first kappa shape index (κ1) is 18.7. The topological polar surface area (TPSA) is 42.0 Å². The minimum Gasteiger partial charge on any atom is -0.326 e. The van der Waals surface area contributed by atoms with Gasteiger partial charge >= 0.3 is 0 Å². The second-order valence-electron chi connectivity index (χ2n) is 6.38. The number of aromatic nitrogens is 1. The van der Waals surface area contributed by atoms with Gasteiger partial charge in [0.1, 0.15) is 5.01 Å². The number of amides is 1. The second kappa shape index (κ2) is 9.04. The Morgan fingerprint density at radius 2 is 1.79 bits per heavy atom. The summed E-state index contributed by atoms with van der Waals surface area (Å²) in [6, 6.07) is 26.3. The van der Waals surface area contributed by atoms with Crippen LogP contribution in [0.3, 0.4) is 0 Å². The van der Waals surface area contributed by atoms with Gasteiger partial charge in [0.2, 0.25) is 5.91 Å². The lowest BCUT2D eigenvalue weighted by atomic mass is 10.2. The van der Waals surface area contributed by atoms with Crippen LogP contribution >= 0.6 is 23.1 Å². The van der Waals surface area contributed by atoms with E-state index < -0.39 is 0 Å². The van der Waals surface area contributed by atoms with Gasteiger partial charge in [-0.25, -0.2) is 4.98 Å². The summed E-state index contributed by atoms with van der Waals surface area (Å²) >= 11 is 3.45. The maximum absolute atomic E-state index is 12.3. The number of carbonyl (C=O) groups excluding carboxylic acids is 1. The predicted octanol–water partition coefficient (Wildman–Crippen LogP) is 6.47. The molecule has 1 aromatic heterocycles. The van der Waals surface area contributed by atoms with Crippen LogP contribution in [0.4, 0.5) is 5.69 Å². The molecule has 4 rings (SSSR count). The highest BCUT2D eigenvalue weighted by Crippen LogP contribution is 2.31. The number of rotatable bonds is 7. The standard InChI is InChI=1S/C23H20N2OS2/c26-22(14-7-15-27-19-10-2-1-3-11-19)24-18-9-6-8-17(16-18)23-25-20-12-4-5-13-21(20)28-23/h1-6,8-13,16H,7,14-15H2,(H,24,26). The van der Waals surface area contributed by atoms with Gasteiger partial charge in [-0.3, -0.25) is 4.79 Å². The molecule has 28 heavy (non-hydrogen) atoms. The normalized spacial score (nSPS) is 10.9. The van der Waals surface area contributed by atoms with Crippen LogP contribution in [-0.4, -0.2) is 16.6 Å². The second-order valence-corrected chi connectivity index (χ2v) is 8.58. The van der Waals surface area contributed by atoms with Crippen LogP contribution in [0.25, 0.3) is 20.8 Å². The van der Waals surface area contributed by atoms with Gasteiger partial charge in [-0.15, -0.1) is 23.1 Å². The molecule has 0 spiro atoms. The molecule has 1 heterocycles. The van der Waals surface area contributed by atoms with Crippen molar-refractivity contribution in [2.75, 3.05) is 11.1 Å². The molecule has 0 aliphatic rings. The molecule has 1 amide bonds. The molecule has 3 nitrogen and oxygen atoms in total. The molecule has 0 saturated heterocycles. The number of nitrogens with zero attached hydrogens (tertiary/aromatic N) is 1. The van der Waals surface area contributed by atoms with E-state index in [0.717, 1.165) is 33.9 Å². The van der Waals surface area contributed by atoms with Gasteiger partial charge in [0, 0.05) is 22.6 Å². The van der Waals surface area contributed by atoms with E-state index in [2.05, 4.69) is 23.5 Å². The number of thioether (sulfide) groups is 1. The number of carbonyl (C=O) groups is 1. The average molecular weight is 405 g/mol. The first-order chi connectivity index (χ1) is 13.8. The van der Waals surface area contributed by atoms with Crippen LogP contribution in [0.15, 0.2) is 83.8 Å². The Labute approximate surface area is 172 Å². The van der Waals surface area contributed by atoms with Crippen LogP contribution in [0.1, 0.15) is 12.8 Å². The van der Waals surface area contributed by atoms with Crippen LogP contribution in [0, 0.1) is 0 Å². The lowest BCUT2D eigenvalue weighted by molar-refractivity contribution is -0.116. The van der Waals surface area contributed by atoms with E-state index in [4.69, 9.17) is 4.98 Å². The van der Waals surface area contributed by atoms with Gasteiger partial charge in [-0.2, -0.15) is 0 Å².